The van der Waals surface area contributed by atoms with E-state index in [1.54, 1.807) is 32.4 Å². The highest BCUT2D eigenvalue weighted by molar-refractivity contribution is 7.99. The number of hydrogen-bond donors (Lipinski definition) is 2. The number of hydrogen-bond acceptors (Lipinski definition) is 7. The van der Waals surface area contributed by atoms with E-state index in [-0.39, 0.29) is 24.2 Å². The monoisotopic (exact) mass is 343 g/mol. The minimum atomic E-state index is -0.536. The second-order valence-electron chi connectivity index (χ2n) is 4.90. The number of carbonyl (C=O) groups excluding carboxylic acids is 3. The molecule has 1 aromatic heterocycles. The topological polar surface area (TPSA) is 115 Å². The highest BCUT2D eigenvalue weighted by Crippen LogP contribution is 2.15. The summed E-state index contributed by atoms with van der Waals surface area (Å²) in [5, 5.41) is 13.1. The molecule has 3 amide bonds. The summed E-state index contributed by atoms with van der Waals surface area (Å²) in [5.74, 6) is -0.369. The van der Waals surface area contributed by atoms with Crippen LogP contribution >= 0.6 is 11.8 Å². The van der Waals surface area contributed by atoms with Crippen molar-refractivity contribution >= 4 is 29.7 Å². The summed E-state index contributed by atoms with van der Waals surface area (Å²) in [4.78, 5) is 34.5. The van der Waals surface area contributed by atoms with Gasteiger partial charge < -0.3 is 14.6 Å². The second kappa shape index (κ2) is 9.13. The van der Waals surface area contributed by atoms with Crippen molar-refractivity contribution in [3.05, 3.63) is 5.82 Å². The zero-order valence-electron chi connectivity index (χ0n) is 13.6. The first-order valence-electron chi connectivity index (χ1n) is 7.10. The number of carbonyl (C=O) groups is 3. The highest BCUT2D eigenvalue weighted by atomic mass is 32.2. The molecule has 23 heavy (non-hydrogen) atoms. The largest absolute Gasteiger partial charge is 0.466 e. The first-order valence-corrected chi connectivity index (χ1v) is 8.09. The Morgan fingerprint density at radius 2 is 2.00 bits per heavy atom. The Balaban J connectivity index is 2.49. The Bertz CT molecular complexity index is 573. The molecule has 0 aliphatic carbocycles. The number of rotatable bonds is 7. The van der Waals surface area contributed by atoms with Crippen molar-refractivity contribution in [1.82, 2.24) is 25.4 Å². The third kappa shape index (κ3) is 6.68. The van der Waals surface area contributed by atoms with Crippen LogP contribution in [0.2, 0.25) is 0 Å². The van der Waals surface area contributed by atoms with Crippen LogP contribution in [0.5, 0.6) is 0 Å². The van der Waals surface area contributed by atoms with Crippen molar-refractivity contribution in [3.63, 3.8) is 0 Å². The molecule has 0 spiro atoms. The van der Waals surface area contributed by atoms with Gasteiger partial charge >= 0.3 is 12.0 Å². The van der Waals surface area contributed by atoms with Crippen LogP contribution in [0.15, 0.2) is 5.16 Å². The molecule has 2 N–H and O–H groups in total. The van der Waals surface area contributed by atoms with Gasteiger partial charge in [-0.25, -0.2) is 4.79 Å². The molecule has 1 heterocycles. The number of imide groups is 1. The number of aromatic nitrogens is 3. The summed E-state index contributed by atoms with van der Waals surface area (Å²) in [6, 6.07) is -0.591. The molecule has 0 bridgehead atoms. The number of thioether (sulfide) groups is 1. The van der Waals surface area contributed by atoms with Gasteiger partial charge in [-0.1, -0.05) is 11.8 Å². The lowest BCUT2D eigenvalue weighted by molar-refractivity contribution is -0.142. The van der Waals surface area contributed by atoms with Crippen LogP contribution in [0.25, 0.3) is 0 Å². The molecular formula is C13H21N5O4S. The van der Waals surface area contributed by atoms with Crippen molar-refractivity contribution in [2.24, 2.45) is 7.05 Å². The molecule has 10 heteroatoms. The molecule has 0 fully saturated rings. The van der Waals surface area contributed by atoms with Gasteiger partial charge in [-0.2, -0.15) is 0 Å². The quantitative estimate of drug-likeness (QED) is 0.538. The number of ether oxygens (including phenoxy) is 1. The van der Waals surface area contributed by atoms with E-state index < -0.39 is 11.9 Å². The molecule has 0 aromatic carbocycles. The Labute approximate surface area is 138 Å². The minimum absolute atomic E-state index is 0.0108. The normalized spacial score (nSPS) is 10.5. The molecule has 1 aromatic rings. The van der Waals surface area contributed by atoms with Gasteiger partial charge in [0.25, 0.3) is 0 Å². The molecule has 128 valence electrons. The van der Waals surface area contributed by atoms with Crippen LogP contribution in [0.4, 0.5) is 4.79 Å². The summed E-state index contributed by atoms with van der Waals surface area (Å²) >= 11 is 1.12. The van der Waals surface area contributed by atoms with Crippen molar-refractivity contribution in [1.29, 1.82) is 0 Å². The van der Waals surface area contributed by atoms with Crippen molar-refractivity contribution in [2.75, 3.05) is 12.4 Å². The fourth-order valence-corrected chi connectivity index (χ4v) is 2.29. The van der Waals surface area contributed by atoms with Crippen LogP contribution in [-0.2, 0) is 27.8 Å². The smallest absolute Gasteiger partial charge is 0.321 e. The molecular weight excluding hydrogens is 322 g/mol. The maximum atomic E-state index is 11.7. The van der Waals surface area contributed by atoms with E-state index in [1.165, 1.54) is 0 Å². The van der Waals surface area contributed by atoms with E-state index >= 15 is 0 Å². The number of nitrogens with zero attached hydrogens (tertiary/aromatic N) is 3. The van der Waals surface area contributed by atoms with Crippen molar-refractivity contribution in [3.8, 4) is 0 Å². The van der Waals surface area contributed by atoms with Crippen molar-refractivity contribution in [2.45, 2.75) is 38.4 Å². The average Bonchev–Trinajstić information content (AvgIpc) is 2.77. The number of amides is 3. The fourth-order valence-electron chi connectivity index (χ4n) is 1.56. The lowest BCUT2D eigenvalue weighted by Crippen LogP contribution is -2.43. The molecule has 0 unspecified atom stereocenters. The van der Waals surface area contributed by atoms with Crippen LogP contribution in [0.1, 0.15) is 26.6 Å². The average molecular weight is 343 g/mol. The van der Waals surface area contributed by atoms with Crippen LogP contribution < -0.4 is 10.6 Å². The molecule has 0 saturated carbocycles. The second-order valence-corrected chi connectivity index (χ2v) is 5.85. The summed E-state index contributed by atoms with van der Waals surface area (Å²) in [7, 11) is 1.69. The molecule has 0 atom stereocenters. The van der Waals surface area contributed by atoms with E-state index in [2.05, 4.69) is 20.8 Å². The third-order valence-electron chi connectivity index (χ3n) is 2.54. The maximum Gasteiger partial charge on any atom is 0.321 e. The molecule has 0 aliphatic heterocycles. The van der Waals surface area contributed by atoms with Gasteiger partial charge in [0.05, 0.1) is 12.4 Å². The van der Waals surface area contributed by atoms with E-state index in [0.29, 0.717) is 17.6 Å². The van der Waals surface area contributed by atoms with Gasteiger partial charge in [0.1, 0.15) is 12.2 Å². The Kier molecular flexibility index (Phi) is 7.52. The Morgan fingerprint density at radius 1 is 1.30 bits per heavy atom. The Hall–Kier alpha value is -2.10. The van der Waals surface area contributed by atoms with E-state index in [9.17, 15) is 14.4 Å². The van der Waals surface area contributed by atoms with Gasteiger partial charge in [0, 0.05) is 13.1 Å². The van der Waals surface area contributed by atoms with Gasteiger partial charge in [-0.3, -0.25) is 14.9 Å². The molecule has 1 rings (SSSR count). The predicted molar refractivity (Wildman–Crippen MR) is 83.9 cm³/mol. The molecule has 0 radical (unpaired) electrons. The van der Waals surface area contributed by atoms with Crippen LogP contribution in [0, 0.1) is 0 Å². The lowest BCUT2D eigenvalue weighted by Gasteiger charge is -2.08. The first kappa shape index (κ1) is 18.9. The van der Waals surface area contributed by atoms with Crippen molar-refractivity contribution < 1.29 is 19.1 Å². The summed E-state index contributed by atoms with van der Waals surface area (Å²) in [6.07, 6.45) is 0.0148. The fraction of sp³-hybridized carbons (Fsp3) is 0.615. The van der Waals surface area contributed by atoms with Gasteiger partial charge in [0.15, 0.2) is 5.16 Å². The highest BCUT2D eigenvalue weighted by Gasteiger charge is 2.15. The van der Waals surface area contributed by atoms with E-state index in [1.807, 2.05) is 0 Å². The summed E-state index contributed by atoms with van der Waals surface area (Å²) in [6.45, 7) is 5.62. The lowest BCUT2D eigenvalue weighted by atomic mass is 10.4. The number of urea groups is 1. The first-order chi connectivity index (χ1) is 10.8. The zero-order valence-corrected chi connectivity index (χ0v) is 14.4. The SMILES string of the molecule is CCOC(=O)Cc1nnc(SCC(=O)NC(=O)NC(C)C)n1C. The van der Waals surface area contributed by atoms with E-state index in [0.717, 1.165) is 11.8 Å². The molecule has 0 aliphatic rings. The van der Waals surface area contributed by atoms with Crippen LogP contribution in [0.3, 0.4) is 0 Å². The summed E-state index contributed by atoms with van der Waals surface area (Å²) in [5.41, 5.74) is 0. The maximum absolute atomic E-state index is 11.7. The number of nitrogens with one attached hydrogen (secondary N) is 2. The third-order valence-corrected chi connectivity index (χ3v) is 3.56. The Morgan fingerprint density at radius 3 is 2.61 bits per heavy atom. The molecule has 0 saturated heterocycles. The predicted octanol–water partition coefficient (Wildman–Crippen LogP) is 0.247. The summed E-state index contributed by atoms with van der Waals surface area (Å²) < 4.78 is 6.46. The standard InChI is InChI=1S/C13H21N5O4S/c1-5-22-11(20)6-9-16-17-13(18(9)4)23-7-10(19)15-12(21)14-8(2)3/h8H,5-7H2,1-4H3,(H2,14,15,19,21). The van der Waals surface area contributed by atoms with E-state index in [4.69, 9.17) is 4.74 Å². The van der Waals surface area contributed by atoms with Gasteiger partial charge in [-0.15, -0.1) is 10.2 Å². The minimum Gasteiger partial charge on any atom is -0.466 e. The molecule has 9 nitrogen and oxygen atoms in total. The van der Waals surface area contributed by atoms with Gasteiger partial charge in [0.2, 0.25) is 5.91 Å². The zero-order chi connectivity index (χ0) is 17.4. The number of esters is 1. The van der Waals surface area contributed by atoms with Gasteiger partial charge in [-0.05, 0) is 20.8 Å². The van der Waals surface area contributed by atoms with Crippen LogP contribution in [-0.4, -0.2) is 51.1 Å².